The Morgan fingerprint density at radius 3 is 1.97 bits per heavy atom. The monoisotopic (exact) mass is 464 g/mol. The molecule has 1 aliphatic rings. The summed E-state index contributed by atoms with van der Waals surface area (Å²) in [6.45, 7) is 4.75. The Kier molecular flexibility index (Phi) is 10.6. The lowest BCUT2D eigenvalue weighted by Gasteiger charge is -2.34. The first-order valence-corrected chi connectivity index (χ1v) is 9.22. The van der Waals surface area contributed by atoms with Gasteiger partial charge in [0.15, 0.2) is 5.78 Å². The quantitative estimate of drug-likeness (QED) is 0.609. The molecule has 166 valence electrons. The molecule has 0 amide bonds. The number of alkyl halides is 3. The minimum atomic E-state index is -4.71. The van der Waals surface area contributed by atoms with Gasteiger partial charge in [-0.25, -0.2) is 0 Å². The molecule has 1 heterocycles. The Bertz CT molecular complexity index is 766. The molecule has 4 nitrogen and oxygen atoms in total. The average molecular weight is 465 g/mol. The SMILES string of the molecule is Cl.Cl.O=C(Cc1ccc(OC(F)(F)F)cc1)CN1CCN(Cc2ccccc2)CC1. The van der Waals surface area contributed by atoms with Crippen LogP contribution in [0.2, 0.25) is 0 Å². The number of halogens is 5. The van der Waals surface area contributed by atoms with Gasteiger partial charge in [-0.1, -0.05) is 42.5 Å². The fourth-order valence-corrected chi connectivity index (χ4v) is 3.29. The highest BCUT2D eigenvalue weighted by Crippen LogP contribution is 2.23. The summed E-state index contributed by atoms with van der Waals surface area (Å²) in [7, 11) is 0. The van der Waals surface area contributed by atoms with E-state index in [0.29, 0.717) is 12.1 Å². The molecule has 9 heteroatoms. The van der Waals surface area contributed by atoms with Crippen LogP contribution >= 0.6 is 24.8 Å². The summed E-state index contributed by atoms with van der Waals surface area (Å²) in [5, 5.41) is 0. The molecule has 0 spiro atoms. The molecule has 0 bridgehead atoms. The van der Waals surface area contributed by atoms with Gasteiger partial charge in [0.05, 0.1) is 6.54 Å². The van der Waals surface area contributed by atoms with Crippen molar-refractivity contribution in [1.82, 2.24) is 9.80 Å². The van der Waals surface area contributed by atoms with Crippen LogP contribution in [0.25, 0.3) is 0 Å². The van der Waals surface area contributed by atoms with Crippen LogP contribution < -0.4 is 4.74 Å². The lowest BCUT2D eigenvalue weighted by Crippen LogP contribution is -2.47. The summed E-state index contributed by atoms with van der Waals surface area (Å²) in [5.41, 5.74) is 1.97. The van der Waals surface area contributed by atoms with E-state index in [-0.39, 0.29) is 42.8 Å². The molecule has 1 saturated heterocycles. The molecule has 0 radical (unpaired) electrons. The molecule has 0 unspecified atom stereocenters. The molecule has 1 fully saturated rings. The summed E-state index contributed by atoms with van der Waals surface area (Å²) < 4.78 is 40.4. The van der Waals surface area contributed by atoms with Crippen LogP contribution in [0.3, 0.4) is 0 Å². The van der Waals surface area contributed by atoms with E-state index in [4.69, 9.17) is 0 Å². The number of Topliss-reactive ketones (excluding diaryl/α,β-unsaturated/α-hetero) is 1. The number of hydrogen-bond acceptors (Lipinski definition) is 4. The maximum atomic E-state index is 12.3. The third kappa shape index (κ3) is 8.92. The number of benzene rings is 2. The lowest BCUT2D eigenvalue weighted by molar-refractivity contribution is -0.274. The van der Waals surface area contributed by atoms with E-state index in [9.17, 15) is 18.0 Å². The van der Waals surface area contributed by atoms with Crippen molar-refractivity contribution in [3.8, 4) is 5.75 Å². The molecule has 0 aliphatic carbocycles. The molecule has 0 aromatic heterocycles. The van der Waals surface area contributed by atoms with E-state index in [1.165, 1.54) is 29.8 Å². The second-order valence-electron chi connectivity index (χ2n) is 6.95. The van der Waals surface area contributed by atoms with Gasteiger partial charge in [-0.2, -0.15) is 0 Å². The van der Waals surface area contributed by atoms with Crippen molar-refractivity contribution < 1.29 is 22.7 Å². The topological polar surface area (TPSA) is 32.8 Å². The average Bonchev–Trinajstić information content (AvgIpc) is 2.65. The van der Waals surface area contributed by atoms with E-state index in [1.807, 2.05) is 18.2 Å². The van der Waals surface area contributed by atoms with Crippen LogP contribution in [0.4, 0.5) is 13.2 Å². The van der Waals surface area contributed by atoms with E-state index >= 15 is 0 Å². The summed E-state index contributed by atoms with van der Waals surface area (Å²) in [4.78, 5) is 16.8. The number of hydrogen-bond donors (Lipinski definition) is 0. The Balaban J connectivity index is 0.00000225. The molecule has 0 atom stereocenters. The third-order valence-electron chi connectivity index (χ3n) is 4.67. The van der Waals surface area contributed by atoms with Crippen LogP contribution in [-0.4, -0.2) is 54.7 Å². The van der Waals surface area contributed by atoms with Crippen molar-refractivity contribution >= 4 is 30.6 Å². The maximum absolute atomic E-state index is 12.3. The largest absolute Gasteiger partial charge is 0.573 e. The van der Waals surface area contributed by atoms with Crippen LogP contribution in [0.15, 0.2) is 54.6 Å². The van der Waals surface area contributed by atoms with Crippen LogP contribution in [0.5, 0.6) is 5.75 Å². The third-order valence-corrected chi connectivity index (χ3v) is 4.67. The molecule has 2 aromatic carbocycles. The van der Waals surface area contributed by atoms with Crippen molar-refractivity contribution in [2.45, 2.75) is 19.3 Å². The van der Waals surface area contributed by atoms with E-state index in [1.54, 1.807) is 0 Å². The molecule has 0 saturated carbocycles. The Hall–Kier alpha value is -1.80. The van der Waals surface area contributed by atoms with Crippen molar-refractivity contribution in [2.24, 2.45) is 0 Å². The lowest BCUT2D eigenvalue weighted by atomic mass is 10.1. The Labute approximate surface area is 186 Å². The number of rotatable bonds is 7. The van der Waals surface area contributed by atoms with Crippen LogP contribution in [-0.2, 0) is 17.8 Å². The van der Waals surface area contributed by atoms with Crippen molar-refractivity contribution in [3.05, 3.63) is 65.7 Å². The van der Waals surface area contributed by atoms with E-state index < -0.39 is 6.36 Å². The van der Waals surface area contributed by atoms with E-state index in [0.717, 1.165) is 32.7 Å². The van der Waals surface area contributed by atoms with Gasteiger partial charge in [-0.3, -0.25) is 14.6 Å². The zero-order valence-electron chi connectivity index (χ0n) is 16.3. The normalized spacial score (nSPS) is 15.0. The van der Waals surface area contributed by atoms with E-state index in [2.05, 4.69) is 26.7 Å². The first kappa shape index (κ1) is 26.2. The predicted octanol–water partition coefficient (Wildman–Crippen LogP) is 4.36. The molecular weight excluding hydrogens is 440 g/mol. The zero-order valence-corrected chi connectivity index (χ0v) is 17.9. The summed E-state index contributed by atoms with van der Waals surface area (Å²) >= 11 is 0. The first-order valence-electron chi connectivity index (χ1n) is 9.22. The predicted molar refractivity (Wildman–Crippen MR) is 114 cm³/mol. The van der Waals surface area contributed by atoms with Gasteiger partial charge in [-0.15, -0.1) is 38.0 Å². The smallest absolute Gasteiger partial charge is 0.406 e. The maximum Gasteiger partial charge on any atom is 0.573 e. The highest BCUT2D eigenvalue weighted by Gasteiger charge is 2.31. The van der Waals surface area contributed by atoms with Crippen molar-refractivity contribution in [3.63, 3.8) is 0 Å². The van der Waals surface area contributed by atoms with Crippen LogP contribution in [0.1, 0.15) is 11.1 Å². The number of carbonyl (C=O) groups is 1. The van der Waals surface area contributed by atoms with Crippen LogP contribution in [0, 0.1) is 0 Å². The molecular formula is C21H25Cl2F3N2O2. The fourth-order valence-electron chi connectivity index (χ4n) is 3.29. The Morgan fingerprint density at radius 2 is 1.40 bits per heavy atom. The number of ether oxygens (including phenoxy) is 1. The number of nitrogens with zero attached hydrogens (tertiary/aromatic N) is 2. The molecule has 0 N–H and O–H groups in total. The van der Waals surface area contributed by atoms with Gasteiger partial charge in [0, 0.05) is 39.1 Å². The highest BCUT2D eigenvalue weighted by molar-refractivity contribution is 5.85. The second kappa shape index (κ2) is 12.2. The zero-order chi connectivity index (χ0) is 20.0. The minimum Gasteiger partial charge on any atom is -0.406 e. The second-order valence-corrected chi connectivity index (χ2v) is 6.95. The van der Waals surface area contributed by atoms with Gasteiger partial charge in [0.1, 0.15) is 5.75 Å². The van der Waals surface area contributed by atoms with Crippen molar-refractivity contribution in [2.75, 3.05) is 32.7 Å². The van der Waals surface area contributed by atoms with Crippen molar-refractivity contribution in [1.29, 1.82) is 0 Å². The standard InChI is InChI=1S/C21H23F3N2O2.2ClH/c22-21(23,24)28-20-8-6-17(7-9-20)14-19(27)16-26-12-10-25(11-13-26)15-18-4-2-1-3-5-18;;/h1-9H,10-16H2;2*1H. The summed E-state index contributed by atoms with van der Waals surface area (Å²) in [6.07, 6.45) is -4.50. The van der Waals surface area contributed by atoms with Gasteiger partial charge in [0.2, 0.25) is 0 Å². The first-order chi connectivity index (χ1) is 13.4. The highest BCUT2D eigenvalue weighted by atomic mass is 35.5. The summed E-state index contributed by atoms with van der Waals surface area (Å²) in [5.74, 6) is -0.223. The van der Waals surface area contributed by atoms with Gasteiger partial charge >= 0.3 is 6.36 Å². The summed E-state index contributed by atoms with van der Waals surface area (Å²) in [6, 6.07) is 15.8. The minimum absolute atomic E-state index is 0. The number of carbonyl (C=O) groups excluding carboxylic acids is 1. The molecule has 3 rings (SSSR count). The molecule has 30 heavy (non-hydrogen) atoms. The Morgan fingerprint density at radius 1 is 0.833 bits per heavy atom. The van der Waals surface area contributed by atoms with Gasteiger partial charge in [-0.05, 0) is 23.3 Å². The number of piperazine rings is 1. The molecule has 2 aromatic rings. The van der Waals surface area contributed by atoms with Gasteiger partial charge in [0.25, 0.3) is 0 Å². The van der Waals surface area contributed by atoms with Gasteiger partial charge < -0.3 is 4.74 Å². The number of ketones is 1. The fraction of sp³-hybridized carbons (Fsp3) is 0.381. The molecule has 1 aliphatic heterocycles.